The van der Waals surface area contributed by atoms with Crippen molar-refractivity contribution in [1.29, 1.82) is 0 Å². The van der Waals surface area contributed by atoms with Gasteiger partial charge in [0.05, 0.1) is 6.61 Å². The molecule has 0 amide bonds. The SMILES string of the molecule is CCOC1(O)[CH]OC(CO)C1O. The van der Waals surface area contributed by atoms with E-state index in [1.165, 1.54) is 0 Å². The van der Waals surface area contributed by atoms with Gasteiger partial charge < -0.3 is 24.8 Å². The molecule has 1 aliphatic heterocycles. The Labute approximate surface area is 70.5 Å². The van der Waals surface area contributed by atoms with Gasteiger partial charge in [0, 0.05) is 6.61 Å². The number of ether oxygens (including phenoxy) is 2. The van der Waals surface area contributed by atoms with Gasteiger partial charge in [0.25, 0.3) is 0 Å². The number of aliphatic hydroxyl groups is 3. The molecule has 3 atom stereocenters. The summed E-state index contributed by atoms with van der Waals surface area (Å²) < 4.78 is 9.63. The topological polar surface area (TPSA) is 79.2 Å². The normalized spacial score (nSPS) is 42.0. The highest BCUT2D eigenvalue weighted by Gasteiger charge is 2.49. The molecular formula is C7H13O5. The molecule has 3 unspecified atom stereocenters. The molecular weight excluding hydrogens is 164 g/mol. The summed E-state index contributed by atoms with van der Waals surface area (Å²) >= 11 is 0. The Kier molecular flexibility index (Phi) is 3.03. The third-order valence-corrected chi connectivity index (χ3v) is 1.74. The van der Waals surface area contributed by atoms with Gasteiger partial charge in [-0.05, 0) is 6.92 Å². The molecule has 1 fully saturated rings. The van der Waals surface area contributed by atoms with E-state index in [1.807, 2.05) is 0 Å². The van der Waals surface area contributed by atoms with Crippen molar-refractivity contribution in [3.8, 4) is 0 Å². The van der Waals surface area contributed by atoms with Crippen LogP contribution in [-0.4, -0.2) is 46.5 Å². The van der Waals surface area contributed by atoms with Crippen LogP contribution in [0, 0.1) is 6.61 Å². The zero-order chi connectivity index (χ0) is 9.19. The Morgan fingerprint density at radius 1 is 1.67 bits per heavy atom. The predicted octanol–water partition coefficient (Wildman–Crippen LogP) is -1.37. The van der Waals surface area contributed by atoms with Crippen molar-refractivity contribution >= 4 is 0 Å². The number of aliphatic hydroxyl groups excluding tert-OH is 2. The predicted molar refractivity (Wildman–Crippen MR) is 38.8 cm³/mol. The zero-order valence-corrected chi connectivity index (χ0v) is 6.80. The zero-order valence-electron chi connectivity index (χ0n) is 6.80. The minimum Gasteiger partial charge on any atom is -0.394 e. The fraction of sp³-hybridized carbons (Fsp3) is 0.857. The molecule has 1 rings (SSSR count). The molecule has 1 radical (unpaired) electrons. The Morgan fingerprint density at radius 3 is 2.75 bits per heavy atom. The molecule has 71 valence electrons. The lowest BCUT2D eigenvalue weighted by Crippen LogP contribution is -2.45. The average Bonchev–Trinajstić information content (AvgIpc) is 2.30. The highest BCUT2D eigenvalue weighted by Crippen LogP contribution is 2.29. The summed E-state index contributed by atoms with van der Waals surface area (Å²) in [4.78, 5) is 0. The van der Waals surface area contributed by atoms with Gasteiger partial charge >= 0.3 is 0 Å². The second kappa shape index (κ2) is 3.68. The molecule has 1 saturated heterocycles. The first kappa shape index (κ1) is 9.88. The molecule has 0 spiro atoms. The number of hydrogen-bond donors (Lipinski definition) is 3. The van der Waals surface area contributed by atoms with Gasteiger partial charge in [0.1, 0.15) is 18.8 Å². The van der Waals surface area contributed by atoms with E-state index in [2.05, 4.69) is 0 Å². The molecule has 5 heteroatoms. The van der Waals surface area contributed by atoms with Crippen LogP contribution in [0.4, 0.5) is 0 Å². The summed E-state index contributed by atoms with van der Waals surface area (Å²) in [6, 6.07) is 0. The third kappa shape index (κ3) is 1.60. The monoisotopic (exact) mass is 177 g/mol. The summed E-state index contributed by atoms with van der Waals surface area (Å²) in [5, 5.41) is 27.5. The lowest BCUT2D eigenvalue weighted by molar-refractivity contribution is -0.222. The van der Waals surface area contributed by atoms with Crippen molar-refractivity contribution < 1.29 is 24.8 Å². The van der Waals surface area contributed by atoms with Crippen molar-refractivity contribution in [2.75, 3.05) is 13.2 Å². The van der Waals surface area contributed by atoms with Gasteiger partial charge in [-0.1, -0.05) is 0 Å². The summed E-state index contributed by atoms with van der Waals surface area (Å²) in [6.07, 6.45) is -2.04. The van der Waals surface area contributed by atoms with Crippen LogP contribution in [0.3, 0.4) is 0 Å². The third-order valence-electron chi connectivity index (χ3n) is 1.74. The molecule has 5 nitrogen and oxygen atoms in total. The van der Waals surface area contributed by atoms with Gasteiger partial charge in [-0.15, -0.1) is 0 Å². The van der Waals surface area contributed by atoms with E-state index in [-0.39, 0.29) is 13.2 Å². The quantitative estimate of drug-likeness (QED) is 0.463. The van der Waals surface area contributed by atoms with Gasteiger partial charge in [-0.25, -0.2) is 0 Å². The number of hydrogen-bond acceptors (Lipinski definition) is 5. The van der Waals surface area contributed by atoms with Crippen molar-refractivity contribution in [3.05, 3.63) is 6.61 Å². The maximum absolute atomic E-state index is 9.50. The first-order chi connectivity index (χ1) is 5.64. The van der Waals surface area contributed by atoms with E-state index in [0.717, 1.165) is 6.61 Å². The molecule has 12 heavy (non-hydrogen) atoms. The van der Waals surface area contributed by atoms with Crippen LogP contribution in [0.15, 0.2) is 0 Å². The van der Waals surface area contributed by atoms with Crippen LogP contribution in [0.5, 0.6) is 0 Å². The van der Waals surface area contributed by atoms with Crippen LogP contribution < -0.4 is 0 Å². The molecule has 0 aliphatic carbocycles. The first-order valence-corrected chi connectivity index (χ1v) is 3.79. The Balaban J connectivity index is 2.57. The molecule has 0 bridgehead atoms. The average molecular weight is 177 g/mol. The van der Waals surface area contributed by atoms with Crippen molar-refractivity contribution in [3.63, 3.8) is 0 Å². The molecule has 1 aliphatic rings. The largest absolute Gasteiger partial charge is 0.394 e. The number of rotatable bonds is 3. The summed E-state index contributed by atoms with van der Waals surface area (Å²) in [5.74, 6) is -1.78. The van der Waals surface area contributed by atoms with Gasteiger partial charge in [-0.2, -0.15) is 0 Å². The van der Waals surface area contributed by atoms with Crippen LogP contribution >= 0.6 is 0 Å². The van der Waals surface area contributed by atoms with E-state index in [0.29, 0.717) is 0 Å². The second-order valence-corrected chi connectivity index (χ2v) is 2.60. The fourth-order valence-electron chi connectivity index (χ4n) is 1.09. The smallest absolute Gasteiger partial charge is 0.224 e. The van der Waals surface area contributed by atoms with E-state index in [1.54, 1.807) is 6.92 Å². The second-order valence-electron chi connectivity index (χ2n) is 2.60. The lowest BCUT2D eigenvalue weighted by Gasteiger charge is -2.24. The lowest BCUT2D eigenvalue weighted by atomic mass is 10.1. The summed E-state index contributed by atoms with van der Waals surface area (Å²) in [5.41, 5.74) is 0. The van der Waals surface area contributed by atoms with Crippen LogP contribution in [-0.2, 0) is 9.47 Å². The van der Waals surface area contributed by atoms with Gasteiger partial charge in [0.2, 0.25) is 5.79 Å². The fourth-order valence-corrected chi connectivity index (χ4v) is 1.09. The Morgan fingerprint density at radius 2 is 2.33 bits per heavy atom. The van der Waals surface area contributed by atoms with Crippen molar-refractivity contribution in [1.82, 2.24) is 0 Å². The summed E-state index contributed by atoms with van der Waals surface area (Å²) in [6.45, 7) is 2.59. The maximum Gasteiger partial charge on any atom is 0.224 e. The van der Waals surface area contributed by atoms with Gasteiger partial charge in [0.15, 0.2) is 0 Å². The van der Waals surface area contributed by atoms with E-state index in [4.69, 9.17) is 14.6 Å². The van der Waals surface area contributed by atoms with Crippen molar-refractivity contribution in [2.24, 2.45) is 0 Å². The minimum absolute atomic E-state index is 0.256. The Bertz CT molecular complexity index is 151. The van der Waals surface area contributed by atoms with E-state index < -0.39 is 18.0 Å². The Hall–Kier alpha value is -0.200. The maximum atomic E-state index is 9.50. The molecule has 0 aromatic heterocycles. The molecule has 1 heterocycles. The van der Waals surface area contributed by atoms with E-state index >= 15 is 0 Å². The molecule has 3 N–H and O–H groups in total. The van der Waals surface area contributed by atoms with Gasteiger partial charge in [-0.3, -0.25) is 0 Å². The van der Waals surface area contributed by atoms with E-state index in [9.17, 15) is 10.2 Å². The van der Waals surface area contributed by atoms with Crippen LogP contribution in [0.1, 0.15) is 6.92 Å². The highest BCUT2D eigenvalue weighted by atomic mass is 16.7. The standard InChI is InChI=1S/C7H13O5/c1-2-12-7(10)4-11-5(3-8)6(7)9/h4-6,8-10H,2-3H2,1H3. The van der Waals surface area contributed by atoms with Crippen LogP contribution in [0.25, 0.3) is 0 Å². The molecule has 0 aromatic rings. The first-order valence-electron chi connectivity index (χ1n) is 3.79. The molecule has 0 aromatic carbocycles. The minimum atomic E-state index is -1.78. The highest BCUT2D eigenvalue weighted by molar-refractivity contribution is 4.97. The van der Waals surface area contributed by atoms with Crippen LogP contribution in [0.2, 0.25) is 0 Å². The summed E-state index contributed by atoms with van der Waals surface area (Å²) in [7, 11) is 0. The van der Waals surface area contributed by atoms with Crippen molar-refractivity contribution in [2.45, 2.75) is 24.9 Å². The molecule has 0 saturated carbocycles.